The van der Waals surface area contributed by atoms with Gasteiger partial charge in [-0.1, -0.05) is 18.2 Å². The SMILES string of the molecule is Cc1cc(C)nc(Sc2nc3ccccc3cc2CO)c1. The van der Waals surface area contributed by atoms with Crippen LogP contribution in [-0.4, -0.2) is 15.1 Å². The topological polar surface area (TPSA) is 46.0 Å². The molecule has 0 aliphatic rings. The van der Waals surface area contributed by atoms with E-state index in [4.69, 9.17) is 0 Å². The molecule has 106 valence electrons. The first kappa shape index (κ1) is 14.0. The standard InChI is InChI=1S/C17H16N2OS/c1-11-7-12(2)18-16(8-11)21-17-14(10-20)9-13-5-3-4-6-15(13)19-17/h3-9,20H,10H2,1-2H3. The van der Waals surface area contributed by atoms with Crippen LogP contribution < -0.4 is 0 Å². The minimum absolute atomic E-state index is 0.0229. The monoisotopic (exact) mass is 296 g/mol. The summed E-state index contributed by atoms with van der Waals surface area (Å²) in [7, 11) is 0. The fourth-order valence-corrected chi connectivity index (χ4v) is 3.33. The van der Waals surface area contributed by atoms with E-state index >= 15 is 0 Å². The van der Waals surface area contributed by atoms with Gasteiger partial charge in [-0.15, -0.1) is 0 Å². The molecule has 2 aromatic heterocycles. The molecule has 0 aliphatic heterocycles. The number of benzene rings is 1. The van der Waals surface area contributed by atoms with Crippen molar-refractivity contribution in [3.8, 4) is 0 Å². The smallest absolute Gasteiger partial charge is 0.108 e. The van der Waals surface area contributed by atoms with E-state index in [-0.39, 0.29) is 6.61 Å². The van der Waals surface area contributed by atoms with Gasteiger partial charge in [0.05, 0.1) is 12.1 Å². The van der Waals surface area contributed by atoms with E-state index in [2.05, 4.69) is 16.9 Å². The molecule has 0 atom stereocenters. The number of rotatable bonds is 3. The van der Waals surface area contributed by atoms with Crippen molar-refractivity contribution in [1.29, 1.82) is 0 Å². The Morgan fingerprint density at radius 1 is 1.05 bits per heavy atom. The van der Waals surface area contributed by atoms with E-state index < -0.39 is 0 Å². The molecule has 3 nitrogen and oxygen atoms in total. The van der Waals surface area contributed by atoms with Gasteiger partial charge < -0.3 is 5.11 Å². The summed E-state index contributed by atoms with van der Waals surface area (Å²) in [4.78, 5) is 9.19. The molecule has 1 aromatic carbocycles. The van der Waals surface area contributed by atoms with Crippen LogP contribution in [0.5, 0.6) is 0 Å². The second-order valence-electron chi connectivity index (χ2n) is 5.03. The van der Waals surface area contributed by atoms with Crippen molar-refractivity contribution in [2.45, 2.75) is 30.5 Å². The quantitative estimate of drug-likeness (QED) is 0.796. The van der Waals surface area contributed by atoms with Crippen LogP contribution in [0.1, 0.15) is 16.8 Å². The van der Waals surface area contributed by atoms with Crippen molar-refractivity contribution < 1.29 is 5.11 Å². The fourth-order valence-electron chi connectivity index (χ4n) is 2.30. The second-order valence-corrected chi connectivity index (χ2v) is 6.04. The van der Waals surface area contributed by atoms with Gasteiger partial charge in [-0.3, -0.25) is 0 Å². The number of aromatic nitrogens is 2. The van der Waals surface area contributed by atoms with Crippen molar-refractivity contribution >= 4 is 22.7 Å². The molecule has 0 unspecified atom stereocenters. The summed E-state index contributed by atoms with van der Waals surface area (Å²) in [5.74, 6) is 0. The van der Waals surface area contributed by atoms with Crippen molar-refractivity contribution in [3.05, 3.63) is 59.3 Å². The average Bonchev–Trinajstić information content (AvgIpc) is 2.45. The van der Waals surface area contributed by atoms with E-state index in [9.17, 15) is 5.11 Å². The number of nitrogens with zero attached hydrogens (tertiary/aromatic N) is 2. The summed E-state index contributed by atoms with van der Waals surface area (Å²) in [5, 5.41) is 12.4. The van der Waals surface area contributed by atoms with Crippen LogP contribution in [0.2, 0.25) is 0 Å². The van der Waals surface area contributed by atoms with Gasteiger partial charge in [0, 0.05) is 16.6 Å². The zero-order valence-electron chi connectivity index (χ0n) is 12.0. The molecule has 0 saturated heterocycles. The van der Waals surface area contributed by atoms with Crippen LogP contribution in [0.25, 0.3) is 10.9 Å². The molecule has 2 heterocycles. The Hall–Kier alpha value is -1.91. The summed E-state index contributed by atoms with van der Waals surface area (Å²) in [5.41, 5.74) is 3.93. The molecule has 0 fully saturated rings. The molecule has 4 heteroatoms. The number of aliphatic hydroxyl groups is 1. The Kier molecular flexibility index (Phi) is 3.90. The lowest BCUT2D eigenvalue weighted by Crippen LogP contribution is -1.94. The highest BCUT2D eigenvalue weighted by Gasteiger charge is 2.09. The number of pyridine rings is 2. The summed E-state index contributed by atoms with van der Waals surface area (Å²) in [6.45, 7) is 4.02. The van der Waals surface area contributed by atoms with E-state index in [1.807, 2.05) is 49.4 Å². The van der Waals surface area contributed by atoms with Gasteiger partial charge in [0.1, 0.15) is 10.1 Å². The number of aliphatic hydroxyl groups excluding tert-OH is 1. The Morgan fingerprint density at radius 2 is 1.86 bits per heavy atom. The van der Waals surface area contributed by atoms with Gasteiger partial charge in [-0.05, 0) is 55.4 Å². The molecule has 0 aliphatic carbocycles. The van der Waals surface area contributed by atoms with Gasteiger partial charge in [-0.25, -0.2) is 9.97 Å². The summed E-state index contributed by atoms with van der Waals surface area (Å²) < 4.78 is 0. The van der Waals surface area contributed by atoms with Crippen LogP contribution in [0.3, 0.4) is 0 Å². The predicted octanol–water partition coefficient (Wildman–Crippen LogP) is 3.89. The van der Waals surface area contributed by atoms with Crippen LogP contribution in [0.15, 0.2) is 52.5 Å². The van der Waals surface area contributed by atoms with E-state index in [1.54, 1.807) is 0 Å². The molecule has 0 radical (unpaired) electrons. The molecule has 0 bridgehead atoms. The molecular weight excluding hydrogens is 280 g/mol. The summed E-state index contributed by atoms with van der Waals surface area (Å²) >= 11 is 1.50. The van der Waals surface area contributed by atoms with Crippen LogP contribution >= 0.6 is 11.8 Å². The van der Waals surface area contributed by atoms with Crippen LogP contribution in [-0.2, 0) is 6.61 Å². The lowest BCUT2D eigenvalue weighted by atomic mass is 10.2. The van der Waals surface area contributed by atoms with Gasteiger partial charge >= 0.3 is 0 Å². The second kappa shape index (κ2) is 5.84. The highest BCUT2D eigenvalue weighted by Crippen LogP contribution is 2.30. The number of aryl methyl sites for hydroxylation is 2. The number of para-hydroxylation sites is 1. The number of hydrogen-bond acceptors (Lipinski definition) is 4. The first-order valence-electron chi connectivity index (χ1n) is 6.78. The minimum Gasteiger partial charge on any atom is -0.392 e. The number of hydrogen-bond donors (Lipinski definition) is 1. The van der Waals surface area contributed by atoms with E-state index in [1.165, 1.54) is 17.3 Å². The summed E-state index contributed by atoms with van der Waals surface area (Å²) in [6, 6.07) is 14.0. The highest BCUT2D eigenvalue weighted by atomic mass is 32.2. The molecule has 0 amide bonds. The summed E-state index contributed by atoms with van der Waals surface area (Å²) in [6.07, 6.45) is 0. The number of fused-ring (bicyclic) bond motifs is 1. The first-order chi connectivity index (χ1) is 10.2. The first-order valence-corrected chi connectivity index (χ1v) is 7.60. The van der Waals surface area contributed by atoms with Crippen molar-refractivity contribution in [2.24, 2.45) is 0 Å². The average molecular weight is 296 g/mol. The van der Waals surface area contributed by atoms with Crippen molar-refractivity contribution in [1.82, 2.24) is 9.97 Å². The molecule has 0 spiro atoms. The van der Waals surface area contributed by atoms with Gasteiger partial charge in [-0.2, -0.15) is 0 Å². The maximum atomic E-state index is 9.59. The molecule has 0 saturated carbocycles. The zero-order valence-corrected chi connectivity index (χ0v) is 12.8. The molecule has 1 N–H and O–H groups in total. The van der Waals surface area contributed by atoms with Crippen molar-refractivity contribution in [3.63, 3.8) is 0 Å². The predicted molar refractivity (Wildman–Crippen MR) is 85.5 cm³/mol. The zero-order chi connectivity index (χ0) is 14.8. The van der Waals surface area contributed by atoms with Crippen LogP contribution in [0.4, 0.5) is 0 Å². The Bertz CT molecular complexity index is 782. The highest BCUT2D eigenvalue weighted by molar-refractivity contribution is 7.99. The maximum absolute atomic E-state index is 9.59. The molecule has 3 aromatic rings. The third kappa shape index (κ3) is 3.06. The van der Waals surface area contributed by atoms with Gasteiger partial charge in [0.25, 0.3) is 0 Å². The molecule has 21 heavy (non-hydrogen) atoms. The molecular formula is C17H16N2OS. The Morgan fingerprint density at radius 3 is 2.62 bits per heavy atom. The maximum Gasteiger partial charge on any atom is 0.108 e. The fraction of sp³-hybridized carbons (Fsp3) is 0.176. The Balaban J connectivity index is 2.06. The van der Waals surface area contributed by atoms with Crippen molar-refractivity contribution in [2.75, 3.05) is 0 Å². The van der Waals surface area contributed by atoms with Gasteiger partial charge in [0.15, 0.2) is 0 Å². The minimum atomic E-state index is -0.0229. The third-order valence-electron chi connectivity index (χ3n) is 3.21. The Labute approximate surface area is 128 Å². The lowest BCUT2D eigenvalue weighted by Gasteiger charge is -2.09. The lowest BCUT2D eigenvalue weighted by molar-refractivity contribution is 0.278. The normalized spacial score (nSPS) is 11.0. The van der Waals surface area contributed by atoms with Gasteiger partial charge in [0.2, 0.25) is 0 Å². The van der Waals surface area contributed by atoms with E-state index in [0.29, 0.717) is 0 Å². The molecule has 3 rings (SSSR count). The van der Waals surface area contributed by atoms with Crippen LogP contribution in [0, 0.1) is 13.8 Å². The third-order valence-corrected chi connectivity index (χ3v) is 4.17. The largest absolute Gasteiger partial charge is 0.392 e. The van der Waals surface area contributed by atoms with E-state index in [0.717, 1.165) is 32.2 Å².